The molecule has 9 unspecified atom stereocenters. The Bertz CT molecular complexity index is 1080. The van der Waals surface area contributed by atoms with Crippen LogP contribution < -0.4 is 0 Å². The molecule has 5 aliphatic rings. The van der Waals surface area contributed by atoms with Gasteiger partial charge in [-0.1, -0.05) is 48.5 Å². The van der Waals surface area contributed by atoms with Crippen LogP contribution in [-0.2, 0) is 9.59 Å². The molecule has 0 aliphatic heterocycles. The smallest absolute Gasteiger partial charge is 0.309 e. The summed E-state index contributed by atoms with van der Waals surface area (Å²) in [6.45, 7) is 15.5. The molecule has 5 heteroatoms. The monoisotopic (exact) mass is 495 g/mol. The fourth-order valence-corrected chi connectivity index (χ4v) is 10.9. The molecule has 0 radical (unpaired) electrons. The SMILES string of the molecule is CC1(C)CCC2(C(=O)O)CCC3(C)C(C(=O)CC4C5(C)CC=C(O)C(C)(C)C5CCC43C)C2C1C#N. The quantitative estimate of drug-likeness (QED) is 0.411. The molecule has 2 N–H and O–H groups in total. The van der Waals surface area contributed by atoms with Gasteiger partial charge < -0.3 is 10.2 Å². The van der Waals surface area contributed by atoms with Crippen molar-refractivity contribution in [3.63, 3.8) is 0 Å². The number of hydrogen-bond donors (Lipinski definition) is 2. The molecular formula is C31H45NO4. The highest BCUT2D eigenvalue weighted by molar-refractivity contribution is 5.86. The first kappa shape index (κ1) is 25.8. The standard InChI is InChI=1S/C31H45NO4/c1-26(2)12-14-31(25(35)36)15-13-30(7)24(23(31)18(26)17-32)19(33)16-21-28(5)10-9-22(34)27(3,4)20(28)8-11-29(21,30)6/h9,18,20-21,23-24,34H,8,10-16H2,1-7H3,(H,35,36). The first-order valence-electron chi connectivity index (χ1n) is 14.1. The highest BCUT2D eigenvalue weighted by Gasteiger charge is 2.74. The van der Waals surface area contributed by atoms with Gasteiger partial charge >= 0.3 is 5.97 Å². The zero-order valence-electron chi connectivity index (χ0n) is 23.3. The van der Waals surface area contributed by atoms with Crippen LogP contribution in [0.4, 0.5) is 0 Å². The molecule has 5 nitrogen and oxygen atoms in total. The van der Waals surface area contributed by atoms with Crippen LogP contribution in [-0.4, -0.2) is 22.0 Å². The maximum absolute atomic E-state index is 14.4. The van der Waals surface area contributed by atoms with Crippen LogP contribution in [0.2, 0.25) is 0 Å². The van der Waals surface area contributed by atoms with Crippen molar-refractivity contribution in [2.75, 3.05) is 0 Å². The third kappa shape index (κ3) is 2.83. The van der Waals surface area contributed by atoms with Gasteiger partial charge in [0.2, 0.25) is 0 Å². The fraction of sp³-hybridized carbons (Fsp3) is 0.839. The van der Waals surface area contributed by atoms with Crippen molar-refractivity contribution in [2.45, 2.75) is 99.8 Å². The lowest BCUT2D eigenvalue weighted by molar-refractivity contribution is -0.237. The number of Topliss-reactive ketones (excluding diaryl/α,β-unsaturated/α-hetero) is 1. The Morgan fingerprint density at radius 2 is 1.61 bits per heavy atom. The van der Waals surface area contributed by atoms with Crippen molar-refractivity contribution in [1.29, 1.82) is 5.26 Å². The number of rotatable bonds is 1. The number of carboxylic acids is 1. The Balaban J connectivity index is 1.65. The molecule has 0 aromatic carbocycles. The van der Waals surface area contributed by atoms with Gasteiger partial charge in [-0.05, 0) is 84.5 Å². The molecule has 0 aromatic rings. The second-order valence-corrected chi connectivity index (χ2v) is 15.2. The molecule has 0 bridgehead atoms. The Kier molecular flexibility index (Phi) is 5.29. The average molecular weight is 496 g/mol. The highest BCUT2D eigenvalue weighted by atomic mass is 16.4. The van der Waals surface area contributed by atoms with Gasteiger partial charge in [-0.15, -0.1) is 0 Å². The van der Waals surface area contributed by atoms with Crippen molar-refractivity contribution < 1.29 is 19.8 Å². The minimum Gasteiger partial charge on any atom is -0.512 e. The van der Waals surface area contributed by atoms with E-state index in [1.54, 1.807) is 0 Å². The van der Waals surface area contributed by atoms with E-state index in [9.17, 15) is 25.1 Å². The van der Waals surface area contributed by atoms with Gasteiger partial charge in [0, 0.05) is 23.7 Å². The fourth-order valence-electron chi connectivity index (χ4n) is 10.9. The molecule has 0 aromatic heterocycles. The van der Waals surface area contributed by atoms with Crippen molar-refractivity contribution >= 4 is 11.8 Å². The number of carboxylic acid groups (broad SMARTS) is 1. The molecule has 0 spiro atoms. The summed E-state index contributed by atoms with van der Waals surface area (Å²) in [4.78, 5) is 27.3. The van der Waals surface area contributed by atoms with E-state index >= 15 is 0 Å². The van der Waals surface area contributed by atoms with Crippen molar-refractivity contribution in [3.8, 4) is 6.07 Å². The number of ketones is 1. The number of aliphatic carboxylic acids is 1. The number of carbonyl (C=O) groups is 2. The van der Waals surface area contributed by atoms with Crippen LogP contribution in [0.25, 0.3) is 0 Å². The van der Waals surface area contributed by atoms with Gasteiger partial charge in [-0.3, -0.25) is 9.59 Å². The Hall–Kier alpha value is -1.83. The number of hydrogen-bond acceptors (Lipinski definition) is 4. The summed E-state index contributed by atoms with van der Waals surface area (Å²) in [5, 5.41) is 31.8. The normalized spacial score (nSPS) is 50.9. The first-order chi connectivity index (χ1) is 16.5. The number of carbonyl (C=O) groups excluding carboxylic acids is 1. The number of allylic oxidation sites excluding steroid dienone is 2. The van der Waals surface area contributed by atoms with Gasteiger partial charge in [-0.25, -0.2) is 0 Å². The van der Waals surface area contributed by atoms with Gasteiger partial charge in [0.1, 0.15) is 5.78 Å². The third-order valence-corrected chi connectivity index (χ3v) is 13.4. The van der Waals surface area contributed by atoms with Gasteiger partial charge in [0.05, 0.1) is 23.2 Å². The minimum absolute atomic E-state index is 0.103. The third-order valence-electron chi connectivity index (χ3n) is 13.4. The summed E-state index contributed by atoms with van der Waals surface area (Å²) >= 11 is 0. The molecule has 198 valence electrons. The van der Waals surface area contributed by atoms with Gasteiger partial charge in [-0.2, -0.15) is 5.26 Å². The predicted octanol–water partition coefficient (Wildman–Crippen LogP) is 6.93. The van der Waals surface area contributed by atoms with Crippen LogP contribution in [0.15, 0.2) is 11.8 Å². The van der Waals surface area contributed by atoms with Crippen molar-refractivity contribution in [2.24, 2.45) is 62.1 Å². The molecular weight excluding hydrogens is 450 g/mol. The number of aliphatic hydroxyl groups excluding tert-OH is 1. The summed E-state index contributed by atoms with van der Waals surface area (Å²) in [6, 6.07) is 2.55. The minimum atomic E-state index is -0.985. The highest BCUT2D eigenvalue weighted by Crippen LogP contribution is 2.76. The number of nitrogens with zero attached hydrogens (tertiary/aromatic N) is 1. The summed E-state index contributed by atoms with van der Waals surface area (Å²) in [5.41, 5.74) is -2.19. The Morgan fingerprint density at radius 1 is 0.972 bits per heavy atom. The zero-order valence-corrected chi connectivity index (χ0v) is 23.3. The average Bonchev–Trinajstić information content (AvgIpc) is 2.78. The van der Waals surface area contributed by atoms with E-state index in [0.29, 0.717) is 37.4 Å². The predicted molar refractivity (Wildman–Crippen MR) is 138 cm³/mol. The van der Waals surface area contributed by atoms with Crippen LogP contribution in [0.1, 0.15) is 99.8 Å². The molecule has 5 aliphatic carbocycles. The second-order valence-electron chi connectivity index (χ2n) is 15.2. The largest absolute Gasteiger partial charge is 0.512 e. The van der Waals surface area contributed by atoms with E-state index < -0.39 is 29.1 Å². The molecule has 9 atom stereocenters. The molecule has 4 fully saturated rings. The van der Waals surface area contributed by atoms with E-state index in [4.69, 9.17) is 0 Å². The number of fused-ring (bicyclic) bond motifs is 7. The van der Waals surface area contributed by atoms with E-state index in [1.807, 2.05) is 6.08 Å². The lowest BCUT2D eigenvalue weighted by Crippen LogP contribution is -2.70. The summed E-state index contributed by atoms with van der Waals surface area (Å²) < 4.78 is 0. The van der Waals surface area contributed by atoms with Crippen molar-refractivity contribution in [1.82, 2.24) is 0 Å². The molecule has 0 heterocycles. The molecule has 36 heavy (non-hydrogen) atoms. The Labute approximate surface area is 216 Å². The number of aliphatic hydroxyl groups is 1. The maximum Gasteiger partial charge on any atom is 0.309 e. The Morgan fingerprint density at radius 3 is 2.22 bits per heavy atom. The van der Waals surface area contributed by atoms with E-state index in [2.05, 4.69) is 54.5 Å². The molecule has 4 saturated carbocycles. The summed E-state index contributed by atoms with van der Waals surface area (Å²) in [6.07, 6.45) is 7.73. The van der Waals surface area contributed by atoms with Gasteiger partial charge in [0.25, 0.3) is 0 Å². The van der Waals surface area contributed by atoms with Crippen LogP contribution in [0.5, 0.6) is 0 Å². The summed E-state index contributed by atoms with van der Waals surface area (Å²) in [7, 11) is 0. The topological polar surface area (TPSA) is 98.4 Å². The van der Waals surface area contributed by atoms with Crippen LogP contribution in [0.3, 0.4) is 0 Å². The summed E-state index contributed by atoms with van der Waals surface area (Å²) in [5.74, 6) is -0.957. The zero-order chi connectivity index (χ0) is 26.7. The lowest BCUT2D eigenvalue weighted by Gasteiger charge is -2.72. The first-order valence-corrected chi connectivity index (χ1v) is 14.1. The molecule has 5 rings (SSSR count). The van der Waals surface area contributed by atoms with Crippen molar-refractivity contribution in [3.05, 3.63) is 11.8 Å². The van der Waals surface area contributed by atoms with Gasteiger partial charge in [0.15, 0.2) is 0 Å². The van der Waals surface area contributed by atoms with E-state index in [0.717, 1.165) is 25.7 Å². The molecule has 0 amide bonds. The van der Waals surface area contributed by atoms with Crippen LogP contribution in [0, 0.1) is 73.4 Å². The van der Waals surface area contributed by atoms with E-state index in [-0.39, 0.29) is 38.8 Å². The number of nitriles is 1. The van der Waals surface area contributed by atoms with Crippen LogP contribution >= 0.6 is 0 Å². The maximum atomic E-state index is 14.4. The second kappa shape index (κ2) is 7.39. The van der Waals surface area contributed by atoms with E-state index in [1.165, 1.54) is 0 Å². The lowest BCUT2D eigenvalue weighted by atomic mass is 9.31. The molecule has 0 saturated heterocycles.